The van der Waals surface area contributed by atoms with E-state index in [1.54, 1.807) is 6.07 Å². The smallest absolute Gasteiger partial charge is 0.384 e. The molecular formula is C8H5BrO3. The lowest BCUT2D eigenvalue weighted by atomic mass is 10.4. The number of furan rings is 1. The topological polar surface area (TPSA) is 39.4 Å². The molecule has 0 fully saturated rings. The first-order valence-corrected chi connectivity index (χ1v) is 3.86. The number of halogens is 1. The first-order chi connectivity index (χ1) is 5.74. The molecule has 0 unspecified atom stereocenters. The Hall–Kier alpha value is -1.21. The molecule has 1 rings (SSSR count). The minimum absolute atomic E-state index is 0.417. The molecule has 0 saturated heterocycles. The van der Waals surface area contributed by atoms with E-state index in [1.165, 1.54) is 13.4 Å². The zero-order valence-corrected chi connectivity index (χ0v) is 7.84. The van der Waals surface area contributed by atoms with Gasteiger partial charge in [0.05, 0.1) is 17.8 Å². The minimum Gasteiger partial charge on any atom is -0.459 e. The highest BCUT2D eigenvalue weighted by Gasteiger charge is 1.98. The lowest BCUT2D eigenvalue weighted by molar-refractivity contribution is -0.133. The van der Waals surface area contributed by atoms with E-state index >= 15 is 0 Å². The molecule has 0 bridgehead atoms. The summed E-state index contributed by atoms with van der Waals surface area (Å²) in [4.78, 5) is 10.6. The van der Waals surface area contributed by atoms with Crippen molar-refractivity contribution in [2.24, 2.45) is 0 Å². The minimum atomic E-state index is -0.585. The second-order valence-corrected chi connectivity index (χ2v) is 2.69. The van der Waals surface area contributed by atoms with Crippen molar-refractivity contribution in [3.8, 4) is 11.8 Å². The predicted octanol–water partition coefficient (Wildman–Crippen LogP) is 1.57. The van der Waals surface area contributed by atoms with Crippen LogP contribution in [0.3, 0.4) is 0 Å². The van der Waals surface area contributed by atoms with Gasteiger partial charge in [-0.3, -0.25) is 0 Å². The lowest BCUT2D eigenvalue weighted by Crippen LogP contribution is -1.94. The predicted molar refractivity (Wildman–Crippen MR) is 45.3 cm³/mol. The molecular weight excluding hydrogens is 224 g/mol. The molecule has 0 amide bonds. The average molecular weight is 229 g/mol. The molecule has 0 aliphatic carbocycles. The van der Waals surface area contributed by atoms with Gasteiger partial charge < -0.3 is 9.15 Å². The molecule has 1 aromatic heterocycles. The van der Waals surface area contributed by atoms with Crippen LogP contribution in [0.25, 0.3) is 0 Å². The third-order valence-electron chi connectivity index (χ3n) is 1.08. The zero-order chi connectivity index (χ0) is 8.97. The van der Waals surface area contributed by atoms with Crippen molar-refractivity contribution in [2.75, 3.05) is 7.11 Å². The van der Waals surface area contributed by atoms with E-state index in [-0.39, 0.29) is 0 Å². The molecule has 0 aliphatic rings. The summed E-state index contributed by atoms with van der Waals surface area (Å²) in [5.74, 6) is 4.58. The zero-order valence-electron chi connectivity index (χ0n) is 6.26. The van der Waals surface area contributed by atoms with Gasteiger partial charge in [-0.25, -0.2) is 4.79 Å². The lowest BCUT2D eigenvalue weighted by Gasteiger charge is -1.84. The fourth-order valence-electron chi connectivity index (χ4n) is 0.542. The number of carbonyl (C=O) groups excluding carboxylic acids is 1. The number of esters is 1. The van der Waals surface area contributed by atoms with Crippen molar-refractivity contribution in [3.05, 3.63) is 22.6 Å². The van der Waals surface area contributed by atoms with Crippen molar-refractivity contribution < 1.29 is 13.9 Å². The molecule has 0 saturated carbocycles. The van der Waals surface area contributed by atoms with Gasteiger partial charge in [0.25, 0.3) is 0 Å². The Kier molecular flexibility index (Phi) is 2.94. The summed E-state index contributed by atoms with van der Waals surface area (Å²) in [7, 11) is 1.27. The maximum absolute atomic E-state index is 10.6. The largest absolute Gasteiger partial charge is 0.459 e. The summed E-state index contributed by atoms with van der Waals surface area (Å²) in [5, 5.41) is 0. The van der Waals surface area contributed by atoms with Gasteiger partial charge in [0, 0.05) is 5.92 Å². The first kappa shape index (κ1) is 8.88. The monoisotopic (exact) mass is 228 g/mol. The summed E-state index contributed by atoms with van der Waals surface area (Å²) in [6.45, 7) is 0. The van der Waals surface area contributed by atoms with Crippen LogP contribution in [0.1, 0.15) is 5.76 Å². The van der Waals surface area contributed by atoms with E-state index in [1.807, 2.05) is 0 Å². The number of hydrogen-bond acceptors (Lipinski definition) is 3. The van der Waals surface area contributed by atoms with Crippen LogP contribution in [-0.2, 0) is 9.53 Å². The van der Waals surface area contributed by atoms with E-state index in [0.29, 0.717) is 5.76 Å². The molecule has 0 N–H and O–H groups in total. The number of ether oxygens (including phenoxy) is 1. The maximum Gasteiger partial charge on any atom is 0.384 e. The summed E-state index contributed by atoms with van der Waals surface area (Å²) >= 11 is 3.19. The Bertz CT molecular complexity index is 343. The fourth-order valence-corrected chi connectivity index (χ4v) is 0.842. The van der Waals surface area contributed by atoms with Gasteiger partial charge in [0.15, 0.2) is 5.76 Å². The molecule has 1 aromatic rings. The molecule has 62 valence electrons. The highest BCUT2D eigenvalue weighted by molar-refractivity contribution is 9.10. The molecule has 12 heavy (non-hydrogen) atoms. The molecule has 0 aromatic carbocycles. The maximum atomic E-state index is 10.6. The van der Waals surface area contributed by atoms with Crippen molar-refractivity contribution in [3.63, 3.8) is 0 Å². The SMILES string of the molecule is COC(=O)C#Cc1occc1Br. The summed E-state index contributed by atoms with van der Waals surface area (Å²) < 4.78 is 9.97. The molecule has 0 radical (unpaired) electrons. The number of rotatable bonds is 0. The van der Waals surface area contributed by atoms with Gasteiger partial charge in [0.1, 0.15) is 0 Å². The van der Waals surface area contributed by atoms with Crippen molar-refractivity contribution in [1.82, 2.24) is 0 Å². The van der Waals surface area contributed by atoms with Gasteiger partial charge >= 0.3 is 5.97 Å². The summed E-state index contributed by atoms with van der Waals surface area (Å²) in [6.07, 6.45) is 1.48. The van der Waals surface area contributed by atoms with Crippen LogP contribution in [0.2, 0.25) is 0 Å². The third-order valence-corrected chi connectivity index (χ3v) is 1.71. The first-order valence-electron chi connectivity index (χ1n) is 3.07. The van der Waals surface area contributed by atoms with Crippen molar-refractivity contribution >= 4 is 21.9 Å². The van der Waals surface area contributed by atoms with Crippen LogP contribution in [0.15, 0.2) is 21.2 Å². The highest BCUT2D eigenvalue weighted by atomic mass is 79.9. The summed E-state index contributed by atoms with van der Waals surface area (Å²) in [5.41, 5.74) is 0. The number of hydrogen-bond donors (Lipinski definition) is 0. The number of carbonyl (C=O) groups is 1. The van der Waals surface area contributed by atoms with Crippen LogP contribution in [-0.4, -0.2) is 13.1 Å². The van der Waals surface area contributed by atoms with Crippen molar-refractivity contribution in [2.45, 2.75) is 0 Å². The number of methoxy groups -OCH3 is 1. The van der Waals surface area contributed by atoms with E-state index in [4.69, 9.17) is 4.42 Å². The highest BCUT2D eigenvalue weighted by Crippen LogP contribution is 2.15. The third kappa shape index (κ3) is 2.14. The summed E-state index contributed by atoms with van der Waals surface area (Å²) in [6, 6.07) is 1.70. The van der Waals surface area contributed by atoms with Gasteiger partial charge in [0.2, 0.25) is 0 Å². The second kappa shape index (κ2) is 3.98. The Morgan fingerprint density at radius 3 is 3.00 bits per heavy atom. The Morgan fingerprint density at radius 2 is 2.50 bits per heavy atom. The van der Waals surface area contributed by atoms with Gasteiger partial charge in [-0.1, -0.05) is 0 Å². The van der Waals surface area contributed by atoms with E-state index in [2.05, 4.69) is 32.5 Å². The van der Waals surface area contributed by atoms with Crippen LogP contribution >= 0.6 is 15.9 Å². The van der Waals surface area contributed by atoms with Crippen LogP contribution in [0, 0.1) is 11.8 Å². The molecule has 0 atom stereocenters. The Labute approximate surface area is 77.8 Å². The van der Waals surface area contributed by atoms with Crippen molar-refractivity contribution in [1.29, 1.82) is 0 Å². The van der Waals surface area contributed by atoms with Crippen LogP contribution in [0.4, 0.5) is 0 Å². The normalized spacial score (nSPS) is 8.50. The van der Waals surface area contributed by atoms with Gasteiger partial charge in [-0.2, -0.15) is 0 Å². The van der Waals surface area contributed by atoms with Crippen LogP contribution < -0.4 is 0 Å². The van der Waals surface area contributed by atoms with Crippen LogP contribution in [0.5, 0.6) is 0 Å². The molecule has 0 spiro atoms. The molecule has 4 heteroatoms. The molecule has 0 aliphatic heterocycles. The second-order valence-electron chi connectivity index (χ2n) is 1.84. The average Bonchev–Trinajstić information content (AvgIpc) is 2.47. The van der Waals surface area contributed by atoms with Gasteiger partial charge in [-0.05, 0) is 27.9 Å². The fraction of sp³-hybridized carbons (Fsp3) is 0.125. The Balaban J connectivity index is 2.79. The standard InChI is InChI=1S/C8H5BrO3/c1-11-8(10)3-2-7-6(9)4-5-12-7/h4-5H,1H3. The van der Waals surface area contributed by atoms with E-state index in [0.717, 1.165) is 4.47 Å². The van der Waals surface area contributed by atoms with E-state index < -0.39 is 5.97 Å². The molecule has 3 nitrogen and oxygen atoms in total. The van der Waals surface area contributed by atoms with Gasteiger partial charge in [-0.15, -0.1) is 0 Å². The molecule has 1 heterocycles. The van der Waals surface area contributed by atoms with E-state index in [9.17, 15) is 4.79 Å². The Morgan fingerprint density at radius 1 is 1.75 bits per heavy atom. The quantitative estimate of drug-likeness (QED) is 0.500.